The van der Waals surface area contributed by atoms with E-state index in [0.717, 1.165) is 0 Å². The number of nitrogen functional groups attached to an aromatic ring is 1. The van der Waals surface area contributed by atoms with Crippen molar-refractivity contribution < 1.29 is 10.2 Å². The number of nitrogens with two attached hydrogens (primary N) is 1. The number of hydrogen-bond acceptors (Lipinski definition) is 7. The summed E-state index contributed by atoms with van der Waals surface area (Å²) in [6.07, 6.45) is 1.36. The number of H-pyrrole nitrogens is 1. The maximum atomic E-state index is 9.57. The molecule has 0 aliphatic carbocycles. The highest BCUT2D eigenvalue weighted by Gasteiger charge is 2.03. The maximum Gasteiger partial charge on any atom is 0.258 e. The topological polar surface area (TPSA) is 124 Å². The third-order valence-electron chi connectivity index (χ3n) is 2.11. The van der Waals surface area contributed by atoms with E-state index >= 15 is 0 Å². The molecule has 1 aromatic heterocycles. The number of hydrogen-bond donors (Lipinski definition) is 5. The smallest absolute Gasteiger partial charge is 0.258 e. The van der Waals surface area contributed by atoms with Gasteiger partial charge in [-0.1, -0.05) is 0 Å². The number of nitrogens with zero attached hydrogens (tertiary/aromatic N) is 3. The summed E-state index contributed by atoms with van der Waals surface area (Å²) in [5.74, 6) is 5.32. The molecule has 6 N–H and O–H groups in total. The second kappa shape index (κ2) is 4.85. The summed E-state index contributed by atoms with van der Waals surface area (Å²) >= 11 is 4.94. The highest BCUT2D eigenvalue weighted by Crippen LogP contribution is 2.20. The normalized spacial score (nSPS) is 10.9. The summed E-state index contributed by atoms with van der Waals surface area (Å²) in [5.41, 5.74) is 2.73. The molecule has 9 heteroatoms. The second-order valence-electron chi connectivity index (χ2n) is 3.30. The molecule has 0 saturated carbocycles. The van der Waals surface area contributed by atoms with Crippen LogP contribution in [0.2, 0.25) is 0 Å². The van der Waals surface area contributed by atoms with E-state index in [-0.39, 0.29) is 22.2 Å². The van der Waals surface area contributed by atoms with Crippen LogP contribution < -0.4 is 11.3 Å². The van der Waals surface area contributed by atoms with Gasteiger partial charge in [-0.15, -0.1) is 5.10 Å². The summed E-state index contributed by atoms with van der Waals surface area (Å²) in [6.45, 7) is 0. The third kappa shape index (κ3) is 2.31. The number of anilines is 1. The predicted octanol–water partition coefficient (Wildman–Crippen LogP) is 0.520. The molecular weight excluding hydrogens is 256 g/mol. The third-order valence-corrected chi connectivity index (χ3v) is 2.37. The number of aromatic hydroxyl groups is 2. The number of nitrogens with one attached hydrogen (secondary N) is 2. The molecule has 0 saturated heterocycles. The van der Waals surface area contributed by atoms with Crippen molar-refractivity contribution in [2.45, 2.75) is 0 Å². The minimum atomic E-state index is -0.101. The van der Waals surface area contributed by atoms with Crippen molar-refractivity contribution in [1.29, 1.82) is 0 Å². The first-order valence-electron chi connectivity index (χ1n) is 4.82. The summed E-state index contributed by atoms with van der Waals surface area (Å²) < 4.78 is 1.50. The van der Waals surface area contributed by atoms with Crippen molar-refractivity contribution >= 4 is 24.4 Å². The van der Waals surface area contributed by atoms with Crippen LogP contribution in [0.5, 0.6) is 11.5 Å². The fraction of sp³-hybridized carbons (Fsp3) is 0. The number of hydrazine groups is 1. The number of phenolic OH excluding ortho intramolecular Hbond substituents is 2. The quantitative estimate of drug-likeness (QED) is 0.239. The molecule has 2 aromatic rings. The fourth-order valence-corrected chi connectivity index (χ4v) is 1.43. The number of rotatable bonds is 3. The molecule has 94 valence electrons. The molecule has 0 fully saturated rings. The zero-order valence-electron chi connectivity index (χ0n) is 9.03. The summed E-state index contributed by atoms with van der Waals surface area (Å²) in [6, 6.07) is 4.14. The Morgan fingerprint density at radius 1 is 1.50 bits per heavy atom. The first kappa shape index (κ1) is 12.1. The van der Waals surface area contributed by atoms with Crippen molar-refractivity contribution in [1.82, 2.24) is 14.9 Å². The Kier molecular flexibility index (Phi) is 3.26. The van der Waals surface area contributed by atoms with Crippen LogP contribution in [0.1, 0.15) is 5.56 Å². The number of phenols is 2. The van der Waals surface area contributed by atoms with Crippen molar-refractivity contribution in [3.8, 4) is 11.5 Å². The fourth-order valence-electron chi connectivity index (χ4n) is 1.25. The summed E-state index contributed by atoms with van der Waals surface area (Å²) in [5, 5.41) is 29.0. The summed E-state index contributed by atoms with van der Waals surface area (Å²) in [4.78, 5) is 0. The molecule has 1 aromatic carbocycles. The van der Waals surface area contributed by atoms with E-state index in [1.807, 2.05) is 0 Å². The van der Waals surface area contributed by atoms with Crippen LogP contribution in [0.4, 0.5) is 5.95 Å². The van der Waals surface area contributed by atoms with E-state index < -0.39 is 0 Å². The molecule has 0 atom stereocenters. The molecule has 2 rings (SSSR count). The Bertz CT molecular complexity index is 647. The highest BCUT2D eigenvalue weighted by atomic mass is 32.1. The minimum absolute atomic E-state index is 0.0334. The first-order chi connectivity index (χ1) is 8.61. The zero-order valence-corrected chi connectivity index (χ0v) is 9.85. The number of aromatic amines is 1. The molecule has 8 nitrogen and oxygen atoms in total. The standard InChI is InChI=1S/C9H10N6O2S/c10-12-8-13-14-9(18)15(8)11-4-5-1-2-6(16)3-7(5)17/h1-4,16-17H,10H2,(H,12,13)(H,14,18)/b11-4+. The van der Waals surface area contributed by atoms with Crippen LogP contribution in [0, 0.1) is 4.77 Å². The van der Waals surface area contributed by atoms with Gasteiger partial charge in [0.25, 0.3) is 5.95 Å². The van der Waals surface area contributed by atoms with Crippen molar-refractivity contribution in [2.75, 3.05) is 5.43 Å². The lowest BCUT2D eigenvalue weighted by Gasteiger charge is -2.00. The van der Waals surface area contributed by atoms with Crippen molar-refractivity contribution in [3.63, 3.8) is 0 Å². The molecule has 0 radical (unpaired) electrons. The second-order valence-corrected chi connectivity index (χ2v) is 3.68. The average Bonchev–Trinajstić information content (AvgIpc) is 2.69. The van der Waals surface area contributed by atoms with Gasteiger partial charge in [-0.2, -0.15) is 9.78 Å². The van der Waals surface area contributed by atoms with Crippen LogP contribution in [-0.2, 0) is 0 Å². The summed E-state index contributed by atoms with van der Waals surface area (Å²) in [7, 11) is 0. The van der Waals surface area contributed by atoms with E-state index in [1.54, 1.807) is 0 Å². The molecular formula is C9H10N6O2S. The monoisotopic (exact) mass is 266 g/mol. The van der Waals surface area contributed by atoms with Crippen LogP contribution in [0.15, 0.2) is 23.3 Å². The van der Waals surface area contributed by atoms with Crippen molar-refractivity contribution in [3.05, 3.63) is 28.5 Å². The lowest BCUT2D eigenvalue weighted by Crippen LogP contribution is -2.11. The predicted molar refractivity (Wildman–Crippen MR) is 68.0 cm³/mol. The van der Waals surface area contributed by atoms with Gasteiger partial charge in [-0.3, -0.25) is 5.43 Å². The number of benzene rings is 1. The van der Waals surface area contributed by atoms with E-state index in [1.165, 1.54) is 29.1 Å². The van der Waals surface area contributed by atoms with Gasteiger partial charge in [0.15, 0.2) is 0 Å². The molecule has 0 amide bonds. The molecule has 0 unspecified atom stereocenters. The molecule has 0 aliphatic rings. The van der Waals surface area contributed by atoms with Gasteiger partial charge < -0.3 is 10.2 Å². The SMILES string of the molecule is NNc1n[nH]c(=S)n1/N=C/c1ccc(O)cc1O. The lowest BCUT2D eigenvalue weighted by molar-refractivity contribution is 0.450. The number of aromatic nitrogens is 3. The van der Waals surface area contributed by atoms with Gasteiger partial charge in [0.1, 0.15) is 11.5 Å². The highest BCUT2D eigenvalue weighted by molar-refractivity contribution is 7.71. The van der Waals surface area contributed by atoms with Crippen molar-refractivity contribution in [2.24, 2.45) is 10.9 Å². The first-order valence-corrected chi connectivity index (χ1v) is 5.23. The average molecular weight is 266 g/mol. The Labute approximate surface area is 106 Å². The van der Waals surface area contributed by atoms with Crippen LogP contribution in [0.3, 0.4) is 0 Å². The van der Waals surface area contributed by atoms with Gasteiger partial charge in [0.2, 0.25) is 4.77 Å². The van der Waals surface area contributed by atoms with Crippen LogP contribution in [-0.4, -0.2) is 31.3 Å². The Balaban J connectivity index is 2.35. The van der Waals surface area contributed by atoms with Gasteiger partial charge >= 0.3 is 0 Å². The van der Waals surface area contributed by atoms with E-state index in [2.05, 4.69) is 20.7 Å². The Morgan fingerprint density at radius 3 is 2.94 bits per heavy atom. The zero-order chi connectivity index (χ0) is 13.1. The van der Waals surface area contributed by atoms with Gasteiger partial charge in [-0.05, 0) is 24.4 Å². The van der Waals surface area contributed by atoms with Gasteiger partial charge in [-0.25, -0.2) is 10.9 Å². The molecule has 0 spiro atoms. The Hall–Kier alpha value is -2.39. The molecule has 18 heavy (non-hydrogen) atoms. The molecule has 1 heterocycles. The van der Waals surface area contributed by atoms with Crippen LogP contribution >= 0.6 is 12.2 Å². The molecule has 0 aliphatic heterocycles. The lowest BCUT2D eigenvalue weighted by atomic mass is 10.2. The largest absolute Gasteiger partial charge is 0.508 e. The van der Waals surface area contributed by atoms with Crippen LogP contribution in [0.25, 0.3) is 0 Å². The maximum absolute atomic E-state index is 9.57. The Morgan fingerprint density at radius 2 is 2.28 bits per heavy atom. The molecule has 0 bridgehead atoms. The van der Waals surface area contributed by atoms with Gasteiger partial charge in [0, 0.05) is 11.6 Å². The van der Waals surface area contributed by atoms with E-state index in [0.29, 0.717) is 5.56 Å². The minimum Gasteiger partial charge on any atom is -0.508 e. The van der Waals surface area contributed by atoms with E-state index in [4.69, 9.17) is 23.2 Å². The van der Waals surface area contributed by atoms with E-state index in [9.17, 15) is 5.11 Å². The van der Waals surface area contributed by atoms with Gasteiger partial charge in [0.05, 0.1) is 6.21 Å².